The fourth-order valence-electron chi connectivity index (χ4n) is 2.12. The van der Waals surface area contributed by atoms with E-state index < -0.39 is 24.0 Å². The summed E-state index contributed by atoms with van der Waals surface area (Å²) in [7, 11) is 1.48. The van der Waals surface area contributed by atoms with Crippen LogP contribution in [0, 0.1) is 5.92 Å². The van der Waals surface area contributed by atoms with Crippen molar-refractivity contribution in [3.63, 3.8) is 0 Å². The number of carboxylic acids is 1. The first-order valence-electron chi connectivity index (χ1n) is 5.97. The van der Waals surface area contributed by atoms with E-state index >= 15 is 0 Å². The first-order valence-corrected chi connectivity index (χ1v) is 5.97. The molecule has 1 aliphatic carbocycles. The van der Waals surface area contributed by atoms with Crippen LogP contribution in [0.25, 0.3) is 0 Å². The molecule has 3 unspecified atom stereocenters. The first-order chi connectivity index (χ1) is 8.45. The summed E-state index contributed by atoms with van der Waals surface area (Å²) in [6.45, 7) is 1.56. The number of amides is 3. The van der Waals surface area contributed by atoms with Crippen LogP contribution in [0.2, 0.25) is 0 Å². The smallest absolute Gasteiger partial charge is 0.315 e. The molecule has 1 fully saturated rings. The molecule has 102 valence electrons. The lowest BCUT2D eigenvalue weighted by Gasteiger charge is -2.19. The minimum absolute atomic E-state index is 0.300. The highest BCUT2D eigenvalue weighted by Crippen LogP contribution is 2.25. The molecule has 7 nitrogen and oxygen atoms in total. The number of carbonyl (C=O) groups is 3. The molecular weight excluding hydrogens is 238 g/mol. The molecule has 3 atom stereocenters. The maximum absolute atomic E-state index is 11.6. The van der Waals surface area contributed by atoms with Gasteiger partial charge in [0.05, 0.1) is 5.92 Å². The SMILES string of the molecule is CNC(=O)C(C)NC(=O)NC1CCCC1C(=O)O. The van der Waals surface area contributed by atoms with Crippen molar-refractivity contribution in [2.75, 3.05) is 7.05 Å². The van der Waals surface area contributed by atoms with Crippen LogP contribution < -0.4 is 16.0 Å². The highest BCUT2D eigenvalue weighted by molar-refractivity contribution is 5.86. The number of urea groups is 1. The van der Waals surface area contributed by atoms with E-state index in [1.165, 1.54) is 7.05 Å². The standard InChI is InChI=1S/C11H19N3O4/c1-6(9(15)12-2)13-11(18)14-8-5-3-4-7(8)10(16)17/h6-8H,3-5H2,1-2H3,(H,12,15)(H,16,17)(H2,13,14,18). The molecule has 1 saturated carbocycles. The molecule has 4 N–H and O–H groups in total. The van der Waals surface area contributed by atoms with E-state index in [2.05, 4.69) is 16.0 Å². The fourth-order valence-corrected chi connectivity index (χ4v) is 2.12. The summed E-state index contributed by atoms with van der Waals surface area (Å²) in [5, 5.41) is 16.5. The maximum Gasteiger partial charge on any atom is 0.315 e. The molecule has 0 heterocycles. The number of likely N-dealkylation sites (N-methyl/N-ethyl adjacent to an activating group) is 1. The molecule has 0 spiro atoms. The number of nitrogens with one attached hydrogen (secondary N) is 3. The molecule has 0 radical (unpaired) electrons. The van der Waals surface area contributed by atoms with Crippen molar-refractivity contribution in [1.29, 1.82) is 0 Å². The van der Waals surface area contributed by atoms with Crippen molar-refractivity contribution >= 4 is 17.9 Å². The van der Waals surface area contributed by atoms with E-state index in [1.807, 2.05) is 0 Å². The van der Waals surface area contributed by atoms with E-state index in [0.717, 1.165) is 6.42 Å². The monoisotopic (exact) mass is 257 g/mol. The van der Waals surface area contributed by atoms with Gasteiger partial charge in [-0.2, -0.15) is 0 Å². The van der Waals surface area contributed by atoms with Gasteiger partial charge in [-0.15, -0.1) is 0 Å². The maximum atomic E-state index is 11.6. The van der Waals surface area contributed by atoms with Crippen LogP contribution in [0.5, 0.6) is 0 Å². The van der Waals surface area contributed by atoms with Gasteiger partial charge >= 0.3 is 12.0 Å². The topological polar surface area (TPSA) is 108 Å². The fraction of sp³-hybridized carbons (Fsp3) is 0.727. The van der Waals surface area contributed by atoms with Crippen LogP contribution in [-0.4, -0.2) is 42.1 Å². The predicted octanol–water partition coefficient (Wildman–Crippen LogP) is -0.327. The third kappa shape index (κ3) is 3.61. The van der Waals surface area contributed by atoms with Crippen LogP contribution in [0.15, 0.2) is 0 Å². The van der Waals surface area contributed by atoms with Crippen LogP contribution in [0.4, 0.5) is 4.79 Å². The van der Waals surface area contributed by atoms with Crippen molar-refractivity contribution in [3.8, 4) is 0 Å². The second-order valence-corrected chi connectivity index (χ2v) is 4.44. The Balaban J connectivity index is 2.45. The zero-order valence-corrected chi connectivity index (χ0v) is 10.5. The molecule has 0 aromatic carbocycles. The van der Waals surface area contributed by atoms with Crippen molar-refractivity contribution in [3.05, 3.63) is 0 Å². The molecule has 0 aromatic heterocycles. The van der Waals surface area contributed by atoms with Gasteiger partial charge in [0.15, 0.2) is 0 Å². The Bertz CT molecular complexity index is 345. The Labute approximate surface area is 105 Å². The van der Waals surface area contributed by atoms with Crippen molar-refractivity contribution < 1.29 is 19.5 Å². The van der Waals surface area contributed by atoms with Crippen LogP contribution in [0.1, 0.15) is 26.2 Å². The van der Waals surface area contributed by atoms with E-state index in [0.29, 0.717) is 12.8 Å². The largest absolute Gasteiger partial charge is 0.481 e. The minimum Gasteiger partial charge on any atom is -0.481 e. The lowest BCUT2D eigenvalue weighted by molar-refractivity contribution is -0.142. The lowest BCUT2D eigenvalue weighted by atomic mass is 10.0. The summed E-state index contributed by atoms with van der Waals surface area (Å²) in [6.07, 6.45) is 2.01. The van der Waals surface area contributed by atoms with E-state index in [9.17, 15) is 14.4 Å². The number of carboxylic acid groups (broad SMARTS) is 1. The van der Waals surface area contributed by atoms with Gasteiger partial charge < -0.3 is 21.1 Å². The molecule has 0 bridgehead atoms. The summed E-state index contributed by atoms with van der Waals surface area (Å²) in [6, 6.07) is -1.52. The number of hydrogen-bond acceptors (Lipinski definition) is 3. The molecule has 18 heavy (non-hydrogen) atoms. The minimum atomic E-state index is -0.892. The molecular formula is C11H19N3O4. The Morgan fingerprint density at radius 3 is 2.50 bits per heavy atom. The van der Waals surface area contributed by atoms with Gasteiger partial charge in [0.2, 0.25) is 5.91 Å². The van der Waals surface area contributed by atoms with Crippen LogP contribution >= 0.6 is 0 Å². The Hall–Kier alpha value is -1.79. The number of hydrogen-bond donors (Lipinski definition) is 4. The van der Waals surface area contributed by atoms with Gasteiger partial charge in [-0.25, -0.2) is 4.79 Å². The van der Waals surface area contributed by atoms with Crippen LogP contribution in [0.3, 0.4) is 0 Å². The number of aliphatic carboxylic acids is 1. The molecule has 1 rings (SSSR count). The molecule has 0 aliphatic heterocycles. The molecule has 1 aliphatic rings. The summed E-state index contributed by atoms with van der Waals surface area (Å²) < 4.78 is 0. The Kier molecular flexibility index (Phi) is 4.94. The van der Waals surface area contributed by atoms with Gasteiger partial charge in [-0.3, -0.25) is 9.59 Å². The van der Waals surface area contributed by atoms with Gasteiger partial charge in [-0.1, -0.05) is 6.42 Å². The second-order valence-electron chi connectivity index (χ2n) is 4.44. The van der Waals surface area contributed by atoms with E-state index in [4.69, 9.17) is 5.11 Å². The number of rotatable bonds is 4. The molecule has 7 heteroatoms. The summed E-state index contributed by atoms with van der Waals surface area (Å²) in [4.78, 5) is 33.7. The third-order valence-corrected chi connectivity index (χ3v) is 3.14. The molecule has 0 saturated heterocycles. The van der Waals surface area contributed by atoms with Gasteiger partial charge in [0.1, 0.15) is 6.04 Å². The summed E-state index contributed by atoms with van der Waals surface area (Å²) >= 11 is 0. The van der Waals surface area contributed by atoms with E-state index in [1.54, 1.807) is 6.92 Å². The molecule has 3 amide bonds. The van der Waals surface area contributed by atoms with Crippen molar-refractivity contribution in [1.82, 2.24) is 16.0 Å². The average molecular weight is 257 g/mol. The first kappa shape index (κ1) is 14.3. The second kappa shape index (κ2) is 6.23. The average Bonchev–Trinajstić information content (AvgIpc) is 2.75. The van der Waals surface area contributed by atoms with Crippen molar-refractivity contribution in [2.24, 2.45) is 5.92 Å². The van der Waals surface area contributed by atoms with E-state index in [-0.39, 0.29) is 11.9 Å². The van der Waals surface area contributed by atoms with Gasteiger partial charge in [0.25, 0.3) is 0 Å². The van der Waals surface area contributed by atoms with Gasteiger partial charge in [-0.05, 0) is 19.8 Å². The van der Waals surface area contributed by atoms with Gasteiger partial charge in [0, 0.05) is 13.1 Å². The highest BCUT2D eigenvalue weighted by Gasteiger charge is 2.34. The number of carbonyl (C=O) groups excluding carboxylic acids is 2. The molecule has 0 aromatic rings. The summed E-state index contributed by atoms with van der Waals surface area (Å²) in [5.74, 6) is -1.73. The third-order valence-electron chi connectivity index (χ3n) is 3.14. The lowest BCUT2D eigenvalue weighted by Crippen LogP contribution is -2.51. The van der Waals surface area contributed by atoms with Crippen molar-refractivity contribution in [2.45, 2.75) is 38.3 Å². The quantitative estimate of drug-likeness (QED) is 0.553. The Morgan fingerprint density at radius 2 is 1.94 bits per heavy atom. The highest BCUT2D eigenvalue weighted by atomic mass is 16.4. The zero-order valence-electron chi connectivity index (χ0n) is 10.5. The summed E-state index contributed by atoms with van der Waals surface area (Å²) in [5.41, 5.74) is 0. The Morgan fingerprint density at radius 1 is 1.28 bits per heavy atom. The normalized spacial score (nSPS) is 24.1. The van der Waals surface area contributed by atoms with Crippen LogP contribution in [-0.2, 0) is 9.59 Å². The predicted molar refractivity (Wildman–Crippen MR) is 64.0 cm³/mol. The zero-order chi connectivity index (χ0) is 13.7.